The number of hydrogen-bond donors (Lipinski definition) is 2. The Balaban J connectivity index is 3.87. The Hall–Kier alpha value is -0.610. The number of nitrogens with one attached hydrogen (secondary N) is 1. The Morgan fingerprint density at radius 1 is 1.44 bits per heavy atom. The maximum Gasteiger partial charge on any atom is 0.234 e. The predicted octanol–water partition coefficient (Wildman–Crippen LogP) is 0.818. The highest BCUT2D eigenvalue weighted by Crippen LogP contribution is 2.08. The summed E-state index contributed by atoms with van der Waals surface area (Å²) >= 11 is 0. The number of nitrogens with two attached hydrogens (primary N) is 1. The summed E-state index contributed by atoms with van der Waals surface area (Å²) in [6.45, 7) is 10.1. The van der Waals surface area contributed by atoms with Gasteiger partial charge in [0.25, 0.3) is 0 Å². The van der Waals surface area contributed by atoms with Crippen molar-refractivity contribution >= 4 is 5.91 Å². The van der Waals surface area contributed by atoms with Crippen LogP contribution in [-0.2, 0) is 4.79 Å². The van der Waals surface area contributed by atoms with Crippen molar-refractivity contribution in [2.75, 3.05) is 26.7 Å². The fourth-order valence-electron chi connectivity index (χ4n) is 1.14. The van der Waals surface area contributed by atoms with E-state index in [9.17, 15) is 4.79 Å². The van der Waals surface area contributed by atoms with Crippen molar-refractivity contribution in [1.29, 1.82) is 0 Å². The quantitative estimate of drug-likeness (QED) is 0.679. The van der Waals surface area contributed by atoms with Crippen LogP contribution in [0.25, 0.3) is 0 Å². The Morgan fingerprint density at radius 3 is 2.44 bits per heavy atom. The molecule has 0 aromatic carbocycles. The molecule has 16 heavy (non-hydrogen) atoms. The van der Waals surface area contributed by atoms with Crippen LogP contribution in [0, 0.1) is 5.92 Å². The van der Waals surface area contributed by atoms with E-state index in [0.29, 0.717) is 19.0 Å². The van der Waals surface area contributed by atoms with Crippen molar-refractivity contribution in [2.24, 2.45) is 11.7 Å². The standard InChI is InChI=1S/C12H27N3O/c1-10(2)6-7-14-11(16)8-15(5)12(3,4)9-13/h10H,6-9,13H2,1-5H3,(H,14,16). The van der Waals surface area contributed by atoms with Crippen LogP contribution in [0.2, 0.25) is 0 Å². The van der Waals surface area contributed by atoms with Gasteiger partial charge in [0.1, 0.15) is 0 Å². The van der Waals surface area contributed by atoms with Gasteiger partial charge in [0, 0.05) is 18.6 Å². The van der Waals surface area contributed by atoms with Crippen molar-refractivity contribution in [3.05, 3.63) is 0 Å². The fraction of sp³-hybridized carbons (Fsp3) is 0.917. The first kappa shape index (κ1) is 15.4. The Labute approximate surface area is 99.6 Å². The van der Waals surface area contributed by atoms with Crippen LogP contribution in [0.3, 0.4) is 0 Å². The van der Waals surface area contributed by atoms with E-state index in [2.05, 4.69) is 19.2 Å². The molecule has 3 N–H and O–H groups in total. The molecule has 0 aliphatic carbocycles. The second-order valence-electron chi connectivity index (χ2n) is 5.41. The molecule has 0 heterocycles. The second kappa shape index (κ2) is 6.86. The summed E-state index contributed by atoms with van der Waals surface area (Å²) in [6, 6.07) is 0. The van der Waals surface area contributed by atoms with Crippen molar-refractivity contribution in [1.82, 2.24) is 10.2 Å². The SMILES string of the molecule is CC(C)CCNC(=O)CN(C)C(C)(C)CN. The summed E-state index contributed by atoms with van der Waals surface area (Å²) in [7, 11) is 1.93. The van der Waals surface area contributed by atoms with E-state index in [-0.39, 0.29) is 11.4 Å². The maximum absolute atomic E-state index is 11.6. The van der Waals surface area contributed by atoms with Gasteiger partial charge in [0.05, 0.1) is 6.54 Å². The normalized spacial score (nSPS) is 12.2. The summed E-state index contributed by atoms with van der Waals surface area (Å²) in [5, 5.41) is 2.92. The largest absolute Gasteiger partial charge is 0.355 e. The Kier molecular flexibility index (Phi) is 6.60. The molecule has 0 bridgehead atoms. The van der Waals surface area contributed by atoms with Gasteiger partial charge < -0.3 is 11.1 Å². The minimum Gasteiger partial charge on any atom is -0.355 e. The topological polar surface area (TPSA) is 58.4 Å². The number of hydrogen-bond acceptors (Lipinski definition) is 3. The lowest BCUT2D eigenvalue weighted by molar-refractivity contribution is -0.123. The zero-order valence-electron chi connectivity index (χ0n) is 11.3. The summed E-state index contributed by atoms with van der Waals surface area (Å²) in [6.07, 6.45) is 1.02. The van der Waals surface area contributed by atoms with E-state index in [1.165, 1.54) is 0 Å². The molecule has 0 aliphatic heterocycles. The number of likely N-dealkylation sites (N-methyl/N-ethyl adjacent to an activating group) is 1. The van der Waals surface area contributed by atoms with E-state index in [1.807, 2.05) is 25.8 Å². The van der Waals surface area contributed by atoms with Crippen molar-refractivity contribution in [2.45, 2.75) is 39.7 Å². The van der Waals surface area contributed by atoms with Crippen molar-refractivity contribution in [3.8, 4) is 0 Å². The van der Waals surface area contributed by atoms with Gasteiger partial charge in [0.15, 0.2) is 0 Å². The van der Waals surface area contributed by atoms with Crippen LogP contribution >= 0.6 is 0 Å². The molecule has 0 aromatic rings. The first-order valence-electron chi connectivity index (χ1n) is 5.97. The molecule has 0 saturated heterocycles. The minimum absolute atomic E-state index is 0.0738. The van der Waals surface area contributed by atoms with E-state index < -0.39 is 0 Å². The van der Waals surface area contributed by atoms with Gasteiger partial charge in [-0.1, -0.05) is 13.8 Å². The van der Waals surface area contributed by atoms with Crippen LogP contribution in [0.4, 0.5) is 0 Å². The molecule has 96 valence electrons. The smallest absolute Gasteiger partial charge is 0.234 e. The lowest BCUT2D eigenvalue weighted by Crippen LogP contribution is -2.50. The molecule has 4 nitrogen and oxygen atoms in total. The molecular weight excluding hydrogens is 202 g/mol. The van der Waals surface area contributed by atoms with Crippen LogP contribution in [0.15, 0.2) is 0 Å². The van der Waals surface area contributed by atoms with Crippen molar-refractivity contribution in [3.63, 3.8) is 0 Å². The van der Waals surface area contributed by atoms with Crippen LogP contribution in [0.5, 0.6) is 0 Å². The molecule has 0 aromatic heterocycles. The maximum atomic E-state index is 11.6. The van der Waals surface area contributed by atoms with Gasteiger partial charge in [0.2, 0.25) is 5.91 Å². The molecule has 0 rings (SSSR count). The number of amides is 1. The van der Waals surface area contributed by atoms with Crippen molar-refractivity contribution < 1.29 is 4.79 Å². The van der Waals surface area contributed by atoms with Gasteiger partial charge in [-0.2, -0.15) is 0 Å². The average molecular weight is 229 g/mol. The number of carbonyl (C=O) groups is 1. The average Bonchev–Trinajstić information content (AvgIpc) is 2.16. The first-order valence-corrected chi connectivity index (χ1v) is 5.97. The number of rotatable bonds is 7. The molecule has 0 saturated carbocycles. The summed E-state index contributed by atoms with van der Waals surface area (Å²) < 4.78 is 0. The highest BCUT2D eigenvalue weighted by Gasteiger charge is 2.23. The first-order chi connectivity index (χ1) is 7.29. The lowest BCUT2D eigenvalue weighted by Gasteiger charge is -2.33. The lowest BCUT2D eigenvalue weighted by atomic mass is 10.0. The molecule has 0 radical (unpaired) electrons. The summed E-state index contributed by atoms with van der Waals surface area (Å²) in [5.74, 6) is 0.697. The highest BCUT2D eigenvalue weighted by atomic mass is 16.2. The molecule has 0 spiro atoms. The van der Waals surface area contributed by atoms with Gasteiger partial charge in [-0.25, -0.2) is 0 Å². The highest BCUT2D eigenvalue weighted by molar-refractivity contribution is 5.78. The molecule has 1 amide bonds. The molecule has 0 unspecified atom stereocenters. The fourth-order valence-corrected chi connectivity index (χ4v) is 1.14. The Bertz CT molecular complexity index is 214. The third-order valence-electron chi connectivity index (χ3n) is 2.96. The summed E-state index contributed by atoms with van der Waals surface area (Å²) in [5.41, 5.74) is 5.52. The zero-order valence-corrected chi connectivity index (χ0v) is 11.3. The number of carbonyl (C=O) groups excluding carboxylic acids is 1. The molecule has 0 atom stereocenters. The van der Waals surface area contributed by atoms with Crippen LogP contribution < -0.4 is 11.1 Å². The van der Waals surface area contributed by atoms with Gasteiger partial charge >= 0.3 is 0 Å². The predicted molar refractivity (Wildman–Crippen MR) is 68.2 cm³/mol. The Morgan fingerprint density at radius 2 is 2.00 bits per heavy atom. The summed E-state index contributed by atoms with van der Waals surface area (Å²) in [4.78, 5) is 13.6. The third-order valence-corrected chi connectivity index (χ3v) is 2.96. The van der Waals surface area contributed by atoms with E-state index in [0.717, 1.165) is 13.0 Å². The third kappa shape index (κ3) is 6.08. The van der Waals surface area contributed by atoms with E-state index in [1.54, 1.807) is 0 Å². The molecule has 0 aliphatic rings. The van der Waals surface area contributed by atoms with Gasteiger partial charge in [-0.15, -0.1) is 0 Å². The monoisotopic (exact) mass is 229 g/mol. The zero-order chi connectivity index (χ0) is 12.8. The second-order valence-corrected chi connectivity index (χ2v) is 5.41. The minimum atomic E-state index is -0.130. The molecule has 4 heteroatoms. The van der Waals surface area contributed by atoms with Gasteiger partial charge in [-0.3, -0.25) is 9.69 Å². The molecule has 0 fully saturated rings. The molecular formula is C12H27N3O. The van der Waals surface area contributed by atoms with Gasteiger partial charge in [-0.05, 0) is 33.2 Å². The van der Waals surface area contributed by atoms with E-state index in [4.69, 9.17) is 5.73 Å². The van der Waals surface area contributed by atoms with Crippen LogP contribution in [-0.4, -0.2) is 43.0 Å². The number of nitrogens with zero attached hydrogens (tertiary/aromatic N) is 1. The van der Waals surface area contributed by atoms with Crippen LogP contribution in [0.1, 0.15) is 34.1 Å². The van der Waals surface area contributed by atoms with E-state index >= 15 is 0 Å².